The maximum absolute atomic E-state index is 12.6. The van der Waals surface area contributed by atoms with Gasteiger partial charge in [-0.15, -0.1) is 0 Å². The third kappa shape index (κ3) is 2.65. The second-order valence-corrected chi connectivity index (χ2v) is 5.98. The minimum absolute atomic E-state index is 0.0129. The number of nitrogen functional groups attached to an aromatic ring is 1. The van der Waals surface area contributed by atoms with Crippen molar-refractivity contribution in [2.75, 3.05) is 5.73 Å². The summed E-state index contributed by atoms with van der Waals surface area (Å²) in [4.78, 5) is 36.4. The normalized spacial score (nSPS) is 12.8. The number of rotatable bonds is 4. The Morgan fingerprint density at radius 2 is 1.93 bits per heavy atom. The van der Waals surface area contributed by atoms with Gasteiger partial charge in [-0.1, -0.05) is 12.1 Å². The number of aromatic nitrogens is 3. The molecule has 0 atom stereocenters. The van der Waals surface area contributed by atoms with Gasteiger partial charge in [0, 0.05) is 19.3 Å². The molecule has 9 heteroatoms. The first-order chi connectivity index (χ1) is 13.0. The van der Waals surface area contributed by atoms with Crippen molar-refractivity contribution in [2.45, 2.75) is 6.61 Å². The van der Waals surface area contributed by atoms with Crippen LogP contribution in [-0.4, -0.2) is 26.2 Å². The number of pyridine rings is 1. The zero-order chi connectivity index (χ0) is 19.1. The third-order valence-electron chi connectivity index (χ3n) is 4.36. The van der Waals surface area contributed by atoms with Gasteiger partial charge in [0.15, 0.2) is 0 Å². The Hall–Kier alpha value is -3.88. The van der Waals surface area contributed by atoms with Crippen molar-refractivity contribution in [3.05, 3.63) is 69.8 Å². The van der Waals surface area contributed by atoms with Gasteiger partial charge in [-0.3, -0.25) is 28.9 Å². The van der Waals surface area contributed by atoms with E-state index >= 15 is 0 Å². The molecule has 0 spiro atoms. The minimum atomic E-state index is -0.633. The number of carbonyl (C=O) groups is 2. The van der Waals surface area contributed by atoms with Crippen LogP contribution in [0.1, 0.15) is 26.4 Å². The molecular formula is C18H15N5O4. The standard InChI is InChI=1S/C18H15N5O4/c1-22-10(6-7-20-22)9-27-13-5-3-2-4-12(13)23-14(24)8-11-15(16(23)19)18(26)21-17(11)25/h2-8H,9,19H2,1H3,(H,21,25,26). The highest BCUT2D eigenvalue weighted by molar-refractivity contribution is 6.23. The number of fused-ring (bicyclic) bond motifs is 1. The molecule has 0 saturated carbocycles. The predicted molar refractivity (Wildman–Crippen MR) is 95.8 cm³/mol. The zero-order valence-electron chi connectivity index (χ0n) is 14.3. The number of aryl methyl sites for hydroxylation is 1. The van der Waals surface area contributed by atoms with E-state index in [4.69, 9.17) is 10.5 Å². The van der Waals surface area contributed by atoms with Crippen LogP contribution in [0.15, 0.2) is 47.4 Å². The van der Waals surface area contributed by atoms with E-state index in [2.05, 4.69) is 10.4 Å². The van der Waals surface area contributed by atoms with Gasteiger partial charge in [0.1, 0.15) is 18.2 Å². The first-order valence-electron chi connectivity index (χ1n) is 8.07. The number of amides is 2. The number of nitrogens with one attached hydrogen (secondary N) is 1. The molecule has 3 heterocycles. The molecule has 0 aliphatic carbocycles. The van der Waals surface area contributed by atoms with Gasteiger partial charge >= 0.3 is 0 Å². The molecule has 4 rings (SSSR count). The van der Waals surface area contributed by atoms with Gasteiger partial charge in [-0.25, -0.2) is 0 Å². The van der Waals surface area contributed by atoms with Crippen molar-refractivity contribution < 1.29 is 14.3 Å². The molecule has 9 nitrogen and oxygen atoms in total. The van der Waals surface area contributed by atoms with Crippen LogP contribution < -0.4 is 21.3 Å². The molecule has 0 fully saturated rings. The fourth-order valence-electron chi connectivity index (χ4n) is 2.99. The SMILES string of the molecule is Cn1nccc1COc1ccccc1-n1c(N)c2c(cc1=O)C(=O)NC2=O. The second kappa shape index (κ2) is 6.13. The summed E-state index contributed by atoms with van der Waals surface area (Å²) in [6.45, 7) is 0.228. The van der Waals surface area contributed by atoms with Crippen molar-refractivity contribution in [2.24, 2.45) is 7.05 Å². The summed E-state index contributed by atoms with van der Waals surface area (Å²) in [5.74, 6) is -0.976. The monoisotopic (exact) mass is 365 g/mol. The molecule has 0 bridgehead atoms. The number of ether oxygens (including phenoxy) is 1. The van der Waals surface area contributed by atoms with E-state index < -0.39 is 17.4 Å². The van der Waals surface area contributed by atoms with E-state index in [1.54, 1.807) is 42.2 Å². The molecule has 136 valence electrons. The maximum Gasteiger partial charge on any atom is 0.262 e. The molecule has 3 aromatic rings. The molecule has 2 aromatic heterocycles. The summed E-state index contributed by atoms with van der Waals surface area (Å²) in [5, 5.41) is 6.22. The van der Waals surface area contributed by atoms with E-state index in [0.717, 1.165) is 16.3 Å². The van der Waals surface area contributed by atoms with Crippen LogP contribution in [0.2, 0.25) is 0 Å². The average molecular weight is 365 g/mol. The number of hydrogen-bond acceptors (Lipinski definition) is 6. The summed E-state index contributed by atoms with van der Waals surface area (Å²) >= 11 is 0. The van der Waals surface area contributed by atoms with Gasteiger partial charge in [0.2, 0.25) is 0 Å². The summed E-state index contributed by atoms with van der Waals surface area (Å²) in [7, 11) is 1.79. The van der Waals surface area contributed by atoms with Crippen LogP contribution in [0.4, 0.5) is 5.82 Å². The molecule has 27 heavy (non-hydrogen) atoms. The van der Waals surface area contributed by atoms with E-state index in [-0.39, 0.29) is 23.6 Å². The lowest BCUT2D eigenvalue weighted by Crippen LogP contribution is -2.24. The lowest BCUT2D eigenvalue weighted by atomic mass is 10.1. The molecule has 1 aliphatic rings. The number of benzene rings is 1. The topological polar surface area (TPSA) is 121 Å². The number of carbonyl (C=O) groups excluding carboxylic acids is 2. The van der Waals surface area contributed by atoms with Crippen molar-refractivity contribution in [1.29, 1.82) is 0 Å². The molecule has 3 N–H and O–H groups in total. The molecule has 0 radical (unpaired) electrons. The number of imide groups is 1. The highest BCUT2D eigenvalue weighted by Crippen LogP contribution is 2.28. The lowest BCUT2D eigenvalue weighted by molar-refractivity contribution is 0.0880. The van der Waals surface area contributed by atoms with Gasteiger partial charge in [0.05, 0.1) is 22.5 Å². The maximum atomic E-state index is 12.6. The number of nitrogens with two attached hydrogens (primary N) is 1. The first kappa shape index (κ1) is 16.6. The zero-order valence-corrected chi connectivity index (χ0v) is 14.3. The van der Waals surface area contributed by atoms with Gasteiger partial charge in [0.25, 0.3) is 17.4 Å². The van der Waals surface area contributed by atoms with Crippen LogP contribution in [0, 0.1) is 0 Å². The Labute approximate surface area is 153 Å². The second-order valence-electron chi connectivity index (χ2n) is 5.98. The van der Waals surface area contributed by atoms with Crippen LogP contribution in [0.3, 0.4) is 0 Å². The fourth-order valence-corrected chi connectivity index (χ4v) is 2.99. The Morgan fingerprint density at radius 1 is 1.15 bits per heavy atom. The average Bonchev–Trinajstić information content (AvgIpc) is 3.17. The highest BCUT2D eigenvalue weighted by Gasteiger charge is 2.32. The molecule has 2 amide bonds. The Balaban J connectivity index is 1.80. The number of hydrogen-bond donors (Lipinski definition) is 2. The number of para-hydroxylation sites is 2. The van der Waals surface area contributed by atoms with Crippen LogP contribution in [-0.2, 0) is 13.7 Å². The van der Waals surface area contributed by atoms with Crippen LogP contribution in [0.5, 0.6) is 5.75 Å². The van der Waals surface area contributed by atoms with Gasteiger partial charge in [-0.2, -0.15) is 5.10 Å². The molecule has 0 saturated heterocycles. The lowest BCUT2D eigenvalue weighted by Gasteiger charge is -2.16. The Morgan fingerprint density at radius 3 is 2.67 bits per heavy atom. The molecular weight excluding hydrogens is 350 g/mol. The van der Waals surface area contributed by atoms with Crippen LogP contribution >= 0.6 is 0 Å². The summed E-state index contributed by atoms with van der Waals surface area (Å²) in [6.07, 6.45) is 1.66. The number of anilines is 1. The highest BCUT2D eigenvalue weighted by atomic mass is 16.5. The van der Waals surface area contributed by atoms with E-state index in [0.29, 0.717) is 11.4 Å². The summed E-state index contributed by atoms with van der Waals surface area (Å²) < 4.78 is 8.69. The van der Waals surface area contributed by atoms with E-state index in [1.807, 2.05) is 6.07 Å². The summed E-state index contributed by atoms with van der Waals surface area (Å²) in [5.41, 5.74) is 6.72. The first-order valence-corrected chi connectivity index (χ1v) is 8.07. The largest absolute Gasteiger partial charge is 0.485 e. The van der Waals surface area contributed by atoms with Crippen molar-refractivity contribution >= 4 is 17.6 Å². The third-order valence-corrected chi connectivity index (χ3v) is 4.36. The molecule has 1 aliphatic heterocycles. The van der Waals surface area contributed by atoms with Crippen molar-refractivity contribution in [3.63, 3.8) is 0 Å². The molecule has 0 unspecified atom stereocenters. The number of nitrogens with zero attached hydrogens (tertiary/aromatic N) is 3. The van der Waals surface area contributed by atoms with Crippen molar-refractivity contribution in [3.8, 4) is 11.4 Å². The molecule has 1 aromatic carbocycles. The minimum Gasteiger partial charge on any atom is -0.485 e. The smallest absolute Gasteiger partial charge is 0.262 e. The summed E-state index contributed by atoms with van der Waals surface area (Å²) in [6, 6.07) is 9.73. The predicted octanol–water partition coefficient (Wildman–Crippen LogP) is 0.616. The van der Waals surface area contributed by atoms with E-state index in [9.17, 15) is 14.4 Å². The Bertz CT molecular complexity index is 1140. The van der Waals surface area contributed by atoms with E-state index in [1.165, 1.54) is 0 Å². The van der Waals surface area contributed by atoms with Gasteiger partial charge < -0.3 is 10.5 Å². The van der Waals surface area contributed by atoms with Crippen molar-refractivity contribution in [1.82, 2.24) is 19.7 Å². The van der Waals surface area contributed by atoms with Gasteiger partial charge in [-0.05, 0) is 18.2 Å². The van der Waals surface area contributed by atoms with Crippen LogP contribution in [0.25, 0.3) is 5.69 Å². The quantitative estimate of drug-likeness (QED) is 0.654. The Kier molecular flexibility index (Phi) is 3.76. The fraction of sp³-hybridized carbons (Fsp3) is 0.111.